The van der Waals surface area contributed by atoms with Gasteiger partial charge in [-0.3, -0.25) is 10.1 Å². The van der Waals surface area contributed by atoms with Crippen LogP contribution < -0.4 is 4.90 Å². The van der Waals surface area contributed by atoms with E-state index in [1.165, 1.54) is 12.1 Å². The van der Waals surface area contributed by atoms with Crippen molar-refractivity contribution in [3.8, 4) is 0 Å². The van der Waals surface area contributed by atoms with Crippen LogP contribution in [0.3, 0.4) is 0 Å². The summed E-state index contributed by atoms with van der Waals surface area (Å²) < 4.78 is 5.42. The van der Waals surface area contributed by atoms with Gasteiger partial charge in [0.05, 0.1) is 18.0 Å². The fraction of sp³-hybridized carbons (Fsp3) is 0.562. The number of rotatable bonds is 3. The molecule has 1 N–H and O–H groups in total. The highest BCUT2D eigenvalue weighted by Gasteiger charge is 2.31. The normalized spacial score (nSPS) is 21.7. The predicted molar refractivity (Wildman–Crippen MR) is 88.9 cm³/mol. The van der Waals surface area contributed by atoms with Crippen molar-refractivity contribution in [2.45, 2.75) is 49.4 Å². The summed E-state index contributed by atoms with van der Waals surface area (Å²) in [6.07, 6.45) is 1.68. The van der Waals surface area contributed by atoms with Gasteiger partial charge in [-0.15, -0.1) is 11.8 Å². The first-order valence-corrected chi connectivity index (χ1v) is 8.62. The second-order valence-electron chi connectivity index (χ2n) is 6.67. The molecule has 2 rings (SSSR count). The smallest absolute Gasteiger partial charge is 0.414 e. The van der Waals surface area contributed by atoms with E-state index in [0.717, 1.165) is 35.7 Å². The van der Waals surface area contributed by atoms with E-state index in [1.807, 2.05) is 20.8 Å². The summed E-state index contributed by atoms with van der Waals surface area (Å²) in [5, 5.41) is 11.1. The van der Waals surface area contributed by atoms with Gasteiger partial charge in [-0.05, 0) is 32.9 Å². The number of nitro benzene ring substituents is 1. The van der Waals surface area contributed by atoms with Gasteiger partial charge < -0.3 is 4.74 Å². The first-order chi connectivity index (χ1) is 10.7. The lowest BCUT2D eigenvalue weighted by molar-refractivity contribution is -0.830. The van der Waals surface area contributed by atoms with Crippen LogP contribution in [0.5, 0.6) is 0 Å². The second-order valence-corrected chi connectivity index (χ2v) is 8.05. The summed E-state index contributed by atoms with van der Waals surface area (Å²) in [5.41, 5.74) is -0.340. The number of hydrogen-bond acceptors (Lipinski definition) is 5. The molecule has 1 aromatic carbocycles. The van der Waals surface area contributed by atoms with Crippen molar-refractivity contribution in [3.63, 3.8) is 0 Å². The van der Waals surface area contributed by atoms with Gasteiger partial charge in [0.1, 0.15) is 5.60 Å². The zero-order chi connectivity index (χ0) is 17.0. The van der Waals surface area contributed by atoms with Gasteiger partial charge in [-0.2, -0.15) is 4.79 Å². The van der Waals surface area contributed by atoms with Crippen LogP contribution in [0.1, 0.15) is 33.6 Å². The monoisotopic (exact) mass is 339 g/mol. The van der Waals surface area contributed by atoms with E-state index in [4.69, 9.17) is 4.74 Å². The third-order valence-corrected chi connectivity index (χ3v) is 4.92. The highest BCUT2D eigenvalue weighted by Crippen LogP contribution is 2.29. The molecule has 0 unspecified atom stereocenters. The van der Waals surface area contributed by atoms with Gasteiger partial charge in [-0.1, -0.05) is 0 Å². The van der Waals surface area contributed by atoms with Crippen LogP contribution >= 0.6 is 11.8 Å². The van der Waals surface area contributed by atoms with Crippen LogP contribution in [0.25, 0.3) is 0 Å². The summed E-state index contributed by atoms with van der Waals surface area (Å²) in [5.74, 6) is 0. The minimum atomic E-state index is -0.450. The Hall–Kier alpha value is -1.60. The minimum absolute atomic E-state index is 0.110. The molecular weight excluding hydrogens is 316 g/mol. The summed E-state index contributed by atoms with van der Waals surface area (Å²) in [4.78, 5) is 24.2. The molecule has 7 heteroatoms. The van der Waals surface area contributed by atoms with Gasteiger partial charge in [0.25, 0.3) is 5.69 Å². The Bertz CT molecular complexity index is 560. The molecule has 0 atom stereocenters. The number of nitro groups is 1. The van der Waals surface area contributed by atoms with Crippen molar-refractivity contribution in [2.24, 2.45) is 0 Å². The Morgan fingerprint density at radius 1 is 1.26 bits per heavy atom. The fourth-order valence-corrected chi connectivity index (χ4v) is 3.60. The second kappa shape index (κ2) is 7.31. The lowest BCUT2D eigenvalue weighted by Gasteiger charge is -2.28. The Kier molecular flexibility index (Phi) is 5.64. The van der Waals surface area contributed by atoms with Gasteiger partial charge in [0.2, 0.25) is 0 Å². The molecule has 1 aromatic rings. The number of hydrogen-bond donors (Lipinski definition) is 1. The topological polar surface area (TPSA) is 73.9 Å². The molecule has 1 aliphatic rings. The maximum Gasteiger partial charge on any atom is 0.514 e. The molecule has 0 radical (unpaired) electrons. The number of carbonyl (C=O) groups excluding carboxylic acids is 1. The number of thioether (sulfide) groups is 1. The number of likely N-dealkylation sites (tertiary alicyclic amines) is 1. The highest BCUT2D eigenvalue weighted by atomic mass is 32.2. The van der Waals surface area contributed by atoms with Gasteiger partial charge in [0.15, 0.2) is 0 Å². The third kappa shape index (κ3) is 5.51. The van der Waals surface area contributed by atoms with Crippen molar-refractivity contribution in [3.05, 3.63) is 34.4 Å². The summed E-state index contributed by atoms with van der Waals surface area (Å²) in [6, 6.07) is 6.64. The maximum atomic E-state index is 12.1. The number of ether oxygens (including phenoxy) is 1. The van der Waals surface area contributed by atoms with E-state index in [-0.39, 0.29) is 11.8 Å². The van der Waals surface area contributed by atoms with E-state index in [0.29, 0.717) is 5.25 Å². The van der Waals surface area contributed by atoms with Gasteiger partial charge in [0, 0.05) is 35.1 Å². The van der Waals surface area contributed by atoms with Crippen LogP contribution in [0, 0.1) is 10.1 Å². The van der Waals surface area contributed by atoms with Crippen molar-refractivity contribution in [2.75, 3.05) is 13.1 Å². The van der Waals surface area contributed by atoms with Crippen molar-refractivity contribution < 1.29 is 19.4 Å². The molecule has 6 nitrogen and oxygen atoms in total. The summed E-state index contributed by atoms with van der Waals surface area (Å²) in [7, 11) is 0. The third-order valence-electron chi connectivity index (χ3n) is 3.57. The van der Waals surface area contributed by atoms with E-state index in [9.17, 15) is 14.9 Å². The number of amides is 1. The minimum Gasteiger partial charge on any atom is -0.414 e. The highest BCUT2D eigenvalue weighted by molar-refractivity contribution is 8.00. The van der Waals surface area contributed by atoms with Crippen LogP contribution in [0.4, 0.5) is 10.5 Å². The first-order valence-electron chi connectivity index (χ1n) is 7.74. The number of non-ortho nitro benzene ring substituents is 1. The zero-order valence-corrected chi connectivity index (χ0v) is 14.5. The SMILES string of the molecule is CC(C)(C)OC(=O)[NH+]1CCC(Sc2ccc([N+](=O)[O-])cc2)CC1. The lowest BCUT2D eigenvalue weighted by Crippen LogP contribution is -3.15. The van der Waals surface area contributed by atoms with E-state index in [2.05, 4.69) is 0 Å². The first kappa shape index (κ1) is 17.7. The van der Waals surface area contributed by atoms with Crippen LogP contribution in [0.15, 0.2) is 29.2 Å². The van der Waals surface area contributed by atoms with Crippen LogP contribution in [-0.2, 0) is 4.74 Å². The van der Waals surface area contributed by atoms with Gasteiger partial charge in [-0.25, -0.2) is 4.90 Å². The quantitative estimate of drug-likeness (QED) is 0.677. The predicted octanol–water partition coefficient (Wildman–Crippen LogP) is 2.67. The molecule has 0 bridgehead atoms. The Morgan fingerprint density at radius 2 is 1.83 bits per heavy atom. The maximum absolute atomic E-state index is 12.1. The number of nitrogens with one attached hydrogen (secondary N) is 1. The molecule has 1 fully saturated rings. The molecule has 0 spiro atoms. The number of piperidine rings is 1. The molecular formula is C16H23N2O4S+. The molecule has 0 aliphatic carbocycles. The Balaban J connectivity index is 1.82. The molecule has 1 heterocycles. The molecule has 0 aromatic heterocycles. The largest absolute Gasteiger partial charge is 0.514 e. The van der Waals surface area contributed by atoms with E-state index < -0.39 is 10.5 Å². The molecule has 1 amide bonds. The van der Waals surface area contributed by atoms with Crippen molar-refractivity contribution in [1.82, 2.24) is 0 Å². The molecule has 23 heavy (non-hydrogen) atoms. The summed E-state index contributed by atoms with van der Waals surface area (Å²) >= 11 is 1.72. The average molecular weight is 339 g/mol. The van der Waals surface area contributed by atoms with Crippen LogP contribution in [-0.4, -0.2) is 35.0 Å². The zero-order valence-electron chi connectivity index (χ0n) is 13.7. The van der Waals surface area contributed by atoms with Crippen molar-refractivity contribution in [1.29, 1.82) is 0 Å². The molecule has 1 saturated heterocycles. The number of carbonyl (C=O) groups is 1. The number of nitrogens with zero attached hydrogens (tertiary/aromatic N) is 1. The average Bonchev–Trinajstić information content (AvgIpc) is 2.46. The van der Waals surface area contributed by atoms with E-state index in [1.54, 1.807) is 23.9 Å². The van der Waals surface area contributed by atoms with Crippen LogP contribution in [0.2, 0.25) is 0 Å². The fourth-order valence-electron chi connectivity index (χ4n) is 2.45. The Labute approximate surface area is 140 Å². The number of alkyl carbamates (subject to hydrolysis) is 2. The lowest BCUT2D eigenvalue weighted by atomic mass is 10.1. The number of benzene rings is 1. The van der Waals surface area contributed by atoms with Crippen molar-refractivity contribution >= 4 is 23.5 Å². The number of quaternary nitrogens is 1. The molecule has 0 saturated carbocycles. The standard InChI is InChI=1S/C16H22N2O4S/c1-16(2,3)22-15(19)17-10-8-14(9-11-17)23-13-6-4-12(5-7-13)18(20)21/h4-7,14H,8-11H2,1-3H3/p+1. The Morgan fingerprint density at radius 3 is 2.30 bits per heavy atom. The molecule has 1 aliphatic heterocycles. The summed E-state index contributed by atoms with van der Waals surface area (Å²) in [6.45, 7) is 7.16. The molecule has 126 valence electrons. The van der Waals surface area contributed by atoms with E-state index >= 15 is 0 Å². The van der Waals surface area contributed by atoms with Gasteiger partial charge >= 0.3 is 6.09 Å².